The van der Waals surface area contributed by atoms with Gasteiger partial charge in [0.2, 0.25) is 5.88 Å². The number of halogens is 2. The summed E-state index contributed by atoms with van der Waals surface area (Å²) in [5, 5.41) is 10.2. The first-order valence-electron chi connectivity index (χ1n) is 5.02. The Hall–Kier alpha value is -2.05. The summed E-state index contributed by atoms with van der Waals surface area (Å²) in [6.07, 6.45) is 1.10. The molecule has 6 nitrogen and oxygen atoms in total. The fraction of sp³-hybridized carbons (Fsp3) is 0. The lowest BCUT2D eigenvalue weighted by atomic mass is 10.3. The van der Waals surface area contributed by atoms with E-state index in [0.29, 0.717) is 15.7 Å². The molecule has 0 aliphatic carbocycles. The van der Waals surface area contributed by atoms with Crippen LogP contribution in [0.1, 0.15) is 5.56 Å². The van der Waals surface area contributed by atoms with E-state index in [0.717, 1.165) is 6.21 Å². The zero-order valence-electron chi connectivity index (χ0n) is 9.28. The minimum atomic E-state index is -0.802. The lowest BCUT2D eigenvalue weighted by Crippen LogP contribution is -2.24. The number of aliphatic imine (C=N–C) groups is 1. The molecule has 98 valence electrons. The predicted molar refractivity (Wildman–Crippen MR) is 73.1 cm³/mol. The summed E-state index contributed by atoms with van der Waals surface area (Å²) in [6, 6.07) is 4.63. The highest BCUT2D eigenvalue weighted by atomic mass is 35.5. The molecule has 0 fully saturated rings. The lowest BCUT2D eigenvalue weighted by molar-refractivity contribution is 0.447. The van der Waals surface area contributed by atoms with Crippen molar-refractivity contribution in [2.24, 2.45) is 4.99 Å². The number of nitrogens with one attached hydrogen (secondary N) is 2. The molecule has 3 N–H and O–H groups in total. The van der Waals surface area contributed by atoms with Crippen molar-refractivity contribution < 1.29 is 5.11 Å². The number of hydrogen-bond donors (Lipinski definition) is 3. The highest BCUT2D eigenvalue weighted by molar-refractivity contribution is 6.36. The molecule has 0 amide bonds. The van der Waals surface area contributed by atoms with E-state index >= 15 is 0 Å². The Bertz CT molecular complexity index is 765. The highest BCUT2D eigenvalue weighted by Crippen LogP contribution is 2.27. The fourth-order valence-corrected chi connectivity index (χ4v) is 1.78. The molecule has 2 rings (SSSR count). The van der Waals surface area contributed by atoms with E-state index in [4.69, 9.17) is 23.2 Å². The number of aromatic hydroxyl groups is 1. The standard InChI is InChI=1S/C11H7Cl2N3O3/c12-5-1-2-8(7(13)3-5)14-4-6-9(17)15-11(19)16-10(6)18/h1-4H,(H3,15,16,17,18,19). The number of aromatic amines is 2. The number of rotatable bonds is 2. The number of H-pyrrole nitrogens is 2. The van der Waals surface area contributed by atoms with Gasteiger partial charge in [-0.05, 0) is 18.2 Å². The van der Waals surface area contributed by atoms with Gasteiger partial charge in [-0.1, -0.05) is 23.2 Å². The second kappa shape index (κ2) is 5.29. The molecule has 0 bridgehead atoms. The van der Waals surface area contributed by atoms with Gasteiger partial charge in [0, 0.05) is 11.2 Å². The molecule has 0 atom stereocenters. The van der Waals surface area contributed by atoms with E-state index in [1.54, 1.807) is 12.1 Å². The summed E-state index contributed by atoms with van der Waals surface area (Å²) in [5.74, 6) is -0.567. The molecule has 8 heteroatoms. The first-order chi connectivity index (χ1) is 8.97. The minimum Gasteiger partial charge on any atom is -0.494 e. The van der Waals surface area contributed by atoms with Gasteiger partial charge in [0.25, 0.3) is 5.56 Å². The summed E-state index contributed by atoms with van der Waals surface area (Å²) < 4.78 is 0. The quantitative estimate of drug-likeness (QED) is 0.738. The summed E-state index contributed by atoms with van der Waals surface area (Å²) in [4.78, 5) is 30.3. The van der Waals surface area contributed by atoms with E-state index in [-0.39, 0.29) is 5.56 Å². The van der Waals surface area contributed by atoms with Gasteiger partial charge in [-0.3, -0.25) is 19.8 Å². The Morgan fingerprint density at radius 1 is 1.21 bits per heavy atom. The van der Waals surface area contributed by atoms with Gasteiger partial charge in [-0.15, -0.1) is 0 Å². The van der Waals surface area contributed by atoms with Crippen LogP contribution in [0.25, 0.3) is 0 Å². The number of hydrogen-bond acceptors (Lipinski definition) is 4. The molecular formula is C11H7Cl2N3O3. The highest BCUT2D eigenvalue weighted by Gasteiger charge is 2.06. The third-order valence-electron chi connectivity index (χ3n) is 2.20. The van der Waals surface area contributed by atoms with Crippen LogP contribution in [-0.4, -0.2) is 21.3 Å². The zero-order valence-corrected chi connectivity index (χ0v) is 10.8. The molecule has 0 saturated heterocycles. The first-order valence-corrected chi connectivity index (χ1v) is 5.77. The molecule has 2 aromatic rings. The minimum absolute atomic E-state index is 0.175. The van der Waals surface area contributed by atoms with Crippen molar-refractivity contribution in [2.75, 3.05) is 0 Å². The average molecular weight is 300 g/mol. The number of benzene rings is 1. The van der Waals surface area contributed by atoms with Crippen LogP contribution in [0.5, 0.6) is 5.88 Å². The van der Waals surface area contributed by atoms with Crippen molar-refractivity contribution in [3.05, 3.63) is 54.6 Å². The van der Waals surface area contributed by atoms with E-state index < -0.39 is 17.1 Å². The van der Waals surface area contributed by atoms with Crippen LogP contribution in [0, 0.1) is 0 Å². The summed E-state index contributed by atoms with van der Waals surface area (Å²) in [7, 11) is 0. The Kier molecular flexibility index (Phi) is 3.73. The third kappa shape index (κ3) is 3.04. The van der Waals surface area contributed by atoms with Gasteiger partial charge < -0.3 is 5.11 Å². The molecule has 0 saturated carbocycles. The van der Waals surface area contributed by atoms with Crippen LogP contribution >= 0.6 is 23.2 Å². The molecule has 1 aromatic heterocycles. The molecule has 0 radical (unpaired) electrons. The van der Waals surface area contributed by atoms with Crippen molar-refractivity contribution in [1.82, 2.24) is 9.97 Å². The van der Waals surface area contributed by atoms with E-state index in [1.807, 2.05) is 9.97 Å². The molecule has 1 heterocycles. The Balaban J connectivity index is 2.44. The molecule has 1 aromatic carbocycles. The van der Waals surface area contributed by atoms with E-state index in [1.165, 1.54) is 6.07 Å². The van der Waals surface area contributed by atoms with Crippen LogP contribution in [0.15, 0.2) is 32.8 Å². The van der Waals surface area contributed by atoms with Gasteiger partial charge >= 0.3 is 5.69 Å². The van der Waals surface area contributed by atoms with Crippen LogP contribution in [0.2, 0.25) is 10.0 Å². The van der Waals surface area contributed by atoms with Gasteiger partial charge in [0.15, 0.2) is 0 Å². The monoisotopic (exact) mass is 299 g/mol. The molecule has 0 spiro atoms. The molecule has 0 unspecified atom stereocenters. The molecular weight excluding hydrogens is 293 g/mol. The molecule has 0 aliphatic rings. The maximum atomic E-state index is 11.4. The Labute approximate surface area is 116 Å². The average Bonchev–Trinajstić information content (AvgIpc) is 2.30. The Morgan fingerprint density at radius 3 is 2.58 bits per heavy atom. The largest absolute Gasteiger partial charge is 0.494 e. The van der Waals surface area contributed by atoms with Crippen LogP contribution in [-0.2, 0) is 0 Å². The SMILES string of the molecule is O=c1[nH]c(O)c(C=Nc2ccc(Cl)cc2Cl)c(=O)[nH]1. The lowest BCUT2D eigenvalue weighted by Gasteiger charge is -1.99. The van der Waals surface area contributed by atoms with Crippen molar-refractivity contribution in [2.45, 2.75) is 0 Å². The second-order valence-electron chi connectivity index (χ2n) is 3.52. The van der Waals surface area contributed by atoms with Crippen LogP contribution in [0.4, 0.5) is 5.69 Å². The second-order valence-corrected chi connectivity index (χ2v) is 4.37. The predicted octanol–water partition coefficient (Wildman–Crippen LogP) is 1.83. The van der Waals surface area contributed by atoms with Crippen LogP contribution in [0.3, 0.4) is 0 Å². The van der Waals surface area contributed by atoms with E-state index in [2.05, 4.69) is 4.99 Å². The number of nitrogens with zero attached hydrogens (tertiary/aromatic N) is 1. The first kappa shape index (κ1) is 13.4. The zero-order chi connectivity index (χ0) is 14.0. The topological polar surface area (TPSA) is 98.3 Å². The van der Waals surface area contributed by atoms with Gasteiger partial charge in [-0.25, -0.2) is 4.79 Å². The van der Waals surface area contributed by atoms with Gasteiger partial charge in [0.1, 0.15) is 5.56 Å². The normalized spacial score (nSPS) is 11.1. The number of aromatic nitrogens is 2. The maximum Gasteiger partial charge on any atom is 0.328 e. The summed E-state index contributed by atoms with van der Waals surface area (Å²) in [6.45, 7) is 0. The van der Waals surface area contributed by atoms with Crippen LogP contribution < -0.4 is 11.2 Å². The summed E-state index contributed by atoms with van der Waals surface area (Å²) >= 11 is 11.6. The van der Waals surface area contributed by atoms with Gasteiger partial charge in [-0.2, -0.15) is 0 Å². The van der Waals surface area contributed by atoms with Crippen molar-refractivity contribution in [1.29, 1.82) is 0 Å². The van der Waals surface area contributed by atoms with E-state index in [9.17, 15) is 14.7 Å². The smallest absolute Gasteiger partial charge is 0.328 e. The van der Waals surface area contributed by atoms with Crippen molar-refractivity contribution in [3.63, 3.8) is 0 Å². The summed E-state index contributed by atoms with van der Waals surface area (Å²) in [5.41, 5.74) is -1.36. The van der Waals surface area contributed by atoms with Crippen molar-refractivity contribution in [3.8, 4) is 5.88 Å². The maximum absolute atomic E-state index is 11.4. The van der Waals surface area contributed by atoms with Gasteiger partial charge in [0.05, 0.1) is 10.7 Å². The van der Waals surface area contributed by atoms with Crippen molar-refractivity contribution >= 4 is 35.1 Å². The molecule has 0 aliphatic heterocycles. The molecule has 19 heavy (non-hydrogen) atoms. The Morgan fingerprint density at radius 2 is 1.95 bits per heavy atom. The fourth-order valence-electron chi connectivity index (χ4n) is 1.32. The third-order valence-corrected chi connectivity index (χ3v) is 2.74.